The summed E-state index contributed by atoms with van der Waals surface area (Å²) in [6, 6.07) is 26.8. The molecule has 1 aliphatic heterocycles. The van der Waals surface area contributed by atoms with E-state index in [9.17, 15) is 9.59 Å². The van der Waals surface area contributed by atoms with Gasteiger partial charge in [-0.3, -0.25) is 14.9 Å². The molecule has 1 fully saturated rings. The second-order valence-corrected chi connectivity index (χ2v) is 10.1. The second kappa shape index (κ2) is 7.96. The summed E-state index contributed by atoms with van der Waals surface area (Å²) in [5, 5.41) is 3.58. The molecule has 1 N–H and O–H groups in total. The van der Waals surface area contributed by atoms with E-state index >= 15 is 0 Å². The fourth-order valence-electron chi connectivity index (χ4n) is 5.69. The highest BCUT2D eigenvalue weighted by atomic mass is 16.6. The van der Waals surface area contributed by atoms with Gasteiger partial charge in [0.25, 0.3) is 0 Å². The van der Waals surface area contributed by atoms with Crippen LogP contribution in [0.4, 0.5) is 0 Å². The van der Waals surface area contributed by atoms with E-state index in [0.717, 1.165) is 22.3 Å². The van der Waals surface area contributed by atoms with Crippen molar-refractivity contribution in [3.63, 3.8) is 0 Å². The number of ketones is 1. The Hall–Kier alpha value is -3.24. The molecule has 1 saturated heterocycles. The van der Waals surface area contributed by atoms with Crippen molar-refractivity contribution in [2.24, 2.45) is 5.41 Å². The molecule has 0 aromatic heterocycles. The van der Waals surface area contributed by atoms with Gasteiger partial charge in [-0.05, 0) is 43.9 Å². The summed E-state index contributed by atoms with van der Waals surface area (Å²) < 4.78 is 5.86. The third-order valence-electron chi connectivity index (χ3n) is 6.87. The highest BCUT2D eigenvalue weighted by Gasteiger charge is 2.64. The van der Waals surface area contributed by atoms with Gasteiger partial charge in [0.05, 0.1) is 5.41 Å². The van der Waals surface area contributed by atoms with Gasteiger partial charge in [-0.25, -0.2) is 0 Å². The van der Waals surface area contributed by atoms with Gasteiger partial charge >= 0.3 is 5.97 Å². The van der Waals surface area contributed by atoms with E-state index in [1.807, 2.05) is 106 Å². The van der Waals surface area contributed by atoms with E-state index in [2.05, 4.69) is 5.32 Å². The predicted octanol–water partition coefficient (Wildman–Crippen LogP) is 5.25. The van der Waals surface area contributed by atoms with E-state index in [1.54, 1.807) is 0 Å². The Morgan fingerprint density at radius 2 is 1.45 bits per heavy atom. The number of ether oxygens (including phenoxy) is 1. The number of Topliss-reactive ketones (excluding diaryl/α,β-unsaturated/α-hetero) is 1. The lowest BCUT2D eigenvalue weighted by Gasteiger charge is -2.35. The Labute approximate surface area is 195 Å². The fourth-order valence-corrected chi connectivity index (χ4v) is 5.69. The first kappa shape index (κ1) is 21.6. The van der Waals surface area contributed by atoms with Crippen LogP contribution in [-0.2, 0) is 16.0 Å². The third-order valence-corrected chi connectivity index (χ3v) is 6.87. The standard InChI is InChI=1S/C29H29NO3/c1-28(2,3)33-27(32)24-23(19-12-6-4-7-13-19)29(25(30-24)20-14-8-5-9-15-20)18-21-16-10-11-17-22(21)26(29)31/h4-17,23-25,30H,18H2,1-3H3/t23-,24+,25+,29+/m1/s1. The van der Waals surface area contributed by atoms with Crippen LogP contribution in [0.15, 0.2) is 84.9 Å². The summed E-state index contributed by atoms with van der Waals surface area (Å²) >= 11 is 0. The lowest BCUT2D eigenvalue weighted by Crippen LogP contribution is -2.42. The molecule has 4 heteroatoms. The summed E-state index contributed by atoms with van der Waals surface area (Å²) in [5.74, 6) is -0.587. The van der Waals surface area contributed by atoms with Crippen molar-refractivity contribution in [2.75, 3.05) is 0 Å². The first-order valence-electron chi connectivity index (χ1n) is 11.5. The maximum Gasteiger partial charge on any atom is 0.324 e. The normalized spacial score (nSPS) is 26.4. The van der Waals surface area contributed by atoms with Gasteiger partial charge in [-0.1, -0.05) is 84.9 Å². The molecule has 0 amide bonds. The van der Waals surface area contributed by atoms with Gasteiger partial charge in [0.15, 0.2) is 5.78 Å². The Bertz CT molecular complexity index is 1180. The van der Waals surface area contributed by atoms with Crippen LogP contribution in [0.1, 0.15) is 59.8 Å². The highest BCUT2D eigenvalue weighted by molar-refractivity contribution is 6.07. The number of nitrogens with one attached hydrogen (secondary N) is 1. The summed E-state index contributed by atoms with van der Waals surface area (Å²) in [6.45, 7) is 5.62. The predicted molar refractivity (Wildman–Crippen MR) is 128 cm³/mol. The molecule has 1 heterocycles. The van der Waals surface area contributed by atoms with Crippen molar-refractivity contribution in [1.82, 2.24) is 5.32 Å². The molecular weight excluding hydrogens is 410 g/mol. The van der Waals surface area contributed by atoms with Crippen molar-refractivity contribution >= 4 is 11.8 Å². The van der Waals surface area contributed by atoms with Crippen molar-refractivity contribution in [3.05, 3.63) is 107 Å². The number of hydrogen-bond donors (Lipinski definition) is 1. The smallest absolute Gasteiger partial charge is 0.324 e. The van der Waals surface area contributed by atoms with Gasteiger partial charge in [0.2, 0.25) is 0 Å². The number of rotatable bonds is 3. The van der Waals surface area contributed by atoms with Crippen LogP contribution in [0.2, 0.25) is 0 Å². The number of carbonyl (C=O) groups excluding carboxylic acids is 2. The fraction of sp³-hybridized carbons (Fsp3) is 0.310. The minimum atomic E-state index is -0.825. The van der Waals surface area contributed by atoms with E-state index in [1.165, 1.54) is 0 Å². The zero-order valence-electron chi connectivity index (χ0n) is 19.2. The Kier molecular flexibility index (Phi) is 5.21. The van der Waals surface area contributed by atoms with Crippen LogP contribution >= 0.6 is 0 Å². The molecule has 4 atom stereocenters. The maximum absolute atomic E-state index is 14.2. The molecule has 0 saturated carbocycles. The van der Waals surface area contributed by atoms with Crippen LogP contribution in [-0.4, -0.2) is 23.4 Å². The van der Waals surface area contributed by atoms with E-state index in [4.69, 9.17) is 4.74 Å². The lowest BCUT2D eigenvalue weighted by molar-refractivity contribution is -0.157. The van der Waals surface area contributed by atoms with Gasteiger partial charge in [0, 0.05) is 17.5 Å². The highest BCUT2D eigenvalue weighted by Crippen LogP contribution is 2.59. The Morgan fingerprint density at radius 1 is 0.879 bits per heavy atom. The molecule has 168 valence electrons. The van der Waals surface area contributed by atoms with Crippen molar-refractivity contribution in [2.45, 2.75) is 50.8 Å². The lowest BCUT2D eigenvalue weighted by atomic mass is 9.64. The molecule has 4 nitrogen and oxygen atoms in total. The zero-order chi connectivity index (χ0) is 23.2. The van der Waals surface area contributed by atoms with Gasteiger partial charge in [-0.15, -0.1) is 0 Å². The first-order chi connectivity index (χ1) is 15.8. The van der Waals surface area contributed by atoms with Crippen LogP contribution in [0, 0.1) is 5.41 Å². The molecular formula is C29H29NO3. The molecule has 33 heavy (non-hydrogen) atoms. The van der Waals surface area contributed by atoms with Crippen molar-refractivity contribution in [3.8, 4) is 0 Å². The topological polar surface area (TPSA) is 55.4 Å². The van der Waals surface area contributed by atoms with Crippen LogP contribution < -0.4 is 5.32 Å². The molecule has 0 unspecified atom stereocenters. The SMILES string of the molecule is CC(C)(C)OC(=O)[C@H]1N[C@@H](c2ccccc2)[C@]2(Cc3ccccc3C2=O)[C@@H]1c1ccccc1. The van der Waals surface area contributed by atoms with Gasteiger partial charge in [0.1, 0.15) is 11.6 Å². The number of carbonyl (C=O) groups is 2. The molecule has 0 bridgehead atoms. The number of esters is 1. The number of benzene rings is 3. The first-order valence-corrected chi connectivity index (χ1v) is 11.5. The summed E-state index contributed by atoms with van der Waals surface area (Å²) in [5.41, 5.74) is 2.32. The van der Waals surface area contributed by atoms with E-state index in [0.29, 0.717) is 6.42 Å². The quantitative estimate of drug-likeness (QED) is 0.567. The van der Waals surface area contributed by atoms with Gasteiger partial charge < -0.3 is 4.74 Å². The molecule has 0 radical (unpaired) electrons. The molecule has 3 aromatic carbocycles. The summed E-state index contributed by atoms with van der Waals surface area (Å²) in [7, 11) is 0. The Balaban J connectivity index is 1.72. The minimum absolute atomic E-state index is 0.0966. The van der Waals surface area contributed by atoms with Crippen LogP contribution in [0.25, 0.3) is 0 Å². The van der Waals surface area contributed by atoms with Crippen molar-refractivity contribution < 1.29 is 14.3 Å². The summed E-state index contributed by atoms with van der Waals surface area (Å²) in [6.07, 6.45) is 0.577. The second-order valence-electron chi connectivity index (χ2n) is 10.1. The van der Waals surface area contributed by atoms with Crippen molar-refractivity contribution in [1.29, 1.82) is 0 Å². The number of fused-ring (bicyclic) bond motifs is 1. The largest absolute Gasteiger partial charge is 0.459 e. The average molecular weight is 440 g/mol. The number of hydrogen-bond acceptors (Lipinski definition) is 4. The van der Waals surface area contributed by atoms with Crippen LogP contribution in [0.3, 0.4) is 0 Å². The minimum Gasteiger partial charge on any atom is -0.459 e. The zero-order valence-corrected chi connectivity index (χ0v) is 19.2. The molecule has 1 aliphatic carbocycles. The molecule has 5 rings (SSSR count). The summed E-state index contributed by atoms with van der Waals surface area (Å²) in [4.78, 5) is 27.8. The Morgan fingerprint density at radius 3 is 2.06 bits per heavy atom. The monoisotopic (exact) mass is 439 g/mol. The third kappa shape index (κ3) is 3.59. The molecule has 1 spiro atoms. The van der Waals surface area contributed by atoms with Crippen LogP contribution in [0.5, 0.6) is 0 Å². The average Bonchev–Trinajstić information content (AvgIpc) is 3.29. The van der Waals surface area contributed by atoms with Gasteiger partial charge in [-0.2, -0.15) is 0 Å². The maximum atomic E-state index is 14.2. The van der Waals surface area contributed by atoms with E-state index in [-0.39, 0.29) is 23.7 Å². The molecule has 3 aromatic rings. The molecule has 2 aliphatic rings. The van der Waals surface area contributed by atoms with E-state index < -0.39 is 17.1 Å².